The summed E-state index contributed by atoms with van der Waals surface area (Å²) in [5.41, 5.74) is 1.73. The summed E-state index contributed by atoms with van der Waals surface area (Å²) in [5.74, 6) is 1.08. The fourth-order valence-electron chi connectivity index (χ4n) is 2.92. The van der Waals surface area contributed by atoms with Crippen LogP contribution >= 0.6 is 11.8 Å². The molecule has 6 nitrogen and oxygen atoms in total. The Hall–Kier alpha value is -2.41. The highest BCUT2D eigenvalue weighted by Crippen LogP contribution is 2.31. The zero-order valence-corrected chi connectivity index (χ0v) is 16.2. The second-order valence-electron chi connectivity index (χ2n) is 6.72. The van der Waals surface area contributed by atoms with Crippen LogP contribution in [-0.2, 0) is 26.3 Å². The number of aryl methyl sites for hydroxylation is 1. The van der Waals surface area contributed by atoms with E-state index >= 15 is 0 Å². The molecular formula is C19H22N4O2S. The van der Waals surface area contributed by atoms with Crippen LogP contribution in [0.15, 0.2) is 45.1 Å². The normalized spacial score (nSPS) is 11.4. The Labute approximate surface area is 155 Å². The maximum absolute atomic E-state index is 12.9. The maximum Gasteiger partial charge on any atom is 0.332 e. The second kappa shape index (κ2) is 7.45. The van der Waals surface area contributed by atoms with Gasteiger partial charge in [0.25, 0.3) is 5.56 Å². The van der Waals surface area contributed by atoms with Gasteiger partial charge in [0.2, 0.25) is 0 Å². The highest BCUT2D eigenvalue weighted by atomic mass is 32.2. The third-order valence-electron chi connectivity index (χ3n) is 4.21. The predicted molar refractivity (Wildman–Crippen MR) is 105 cm³/mol. The molecule has 7 heteroatoms. The Morgan fingerprint density at radius 1 is 1.12 bits per heavy atom. The van der Waals surface area contributed by atoms with E-state index in [1.54, 1.807) is 31.2 Å². The van der Waals surface area contributed by atoms with Crippen molar-refractivity contribution in [1.82, 2.24) is 19.1 Å². The molecule has 0 atom stereocenters. The molecule has 0 fully saturated rings. The lowest BCUT2D eigenvalue weighted by Gasteiger charge is -2.15. The first kappa shape index (κ1) is 18.4. The molecule has 3 aromatic rings. The molecule has 0 saturated heterocycles. The maximum atomic E-state index is 12.9. The van der Waals surface area contributed by atoms with E-state index in [0.717, 1.165) is 27.1 Å². The molecule has 0 aliphatic rings. The first-order chi connectivity index (χ1) is 12.4. The minimum Gasteiger partial charge on any atom is -0.280 e. The Morgan fingerprint density at radius 2 is 1.88 bits per heavy atom. The van der Waals surface area contributed by atoms with E-state index in [-0.39, 0.29) is 11.2 Å². The van der Waals surface area contributed by atoms with E-state index in [9.17, 15) is 9.59 Å². The van der Waals surface area contributed by atoms with Gasteiger partial charge in [-0.15, -0.1) is 11.8 Å². The van der Waals surface area contributed by atoms with E-state index in [1.165, 1.54) is 11.6 Å². The summed E-state index contributed by atoms with van der Waals surface area (Å²) in [6, 6.07) is 5.80. The SMILES string of the molecule is CC(C)Cc1cnc2c(c1SCc1ccccn1)c(=O)n(C)c(=O)n2C. The molecule has 0 aromatic carbocycles. The van der Waals surface area contributed by atoms with Crippen molar-refractivity contribution >= 4 is 22.8 Å². The Bertz CT molecular complexity index is 1060. The summed E-state index contributed by atoms with van der Waals surface area (Å²) < 4.78 is 2.58. The monoisotopic (exact) mass is 370 g/mol. The van der Waals surface area contributed by atoms with Crippen molar-refractivity contribution in [2.24, 2.45) is 20.0 Å². The number of pyridine rings is 2. The second-order valence-corrected chi connectivity index (χ2v) is 7.71. The van der Waals surface area contributed by atoms with E-state index in [1.807, 2.05) is 18.2 Å². The van der Waals surface area contributed by atoms with Crippen LogP contribution in [0, 0.1) is 5.92 Å². The summed E-state index contributed by atoms with van der Waals surface area (Å²) in [6.07, 6.45) is 4.37. The smallest absolute Gasteiger partial charge is 0.280 e. The van der Waals surface area contributed by atoms with Crippen LogP contribution in [0.25, 0.3) is 11.0 Å². The minimum atomic E-state index is -0.368. The average Bonchev–Trinajstić information content (AvgIpc) is 2.63. The predicted octanol–water partition coefficient (Wildman–Crippen LogP) is 2.52. The van der Waals surface area contributed by atoms with Gasteiger partial charge in [0, 0.05) is 37.1 Å². The highest BCUT2D eigenvalue weighted by molar-refractivity contribution is 7.98. The molecule has 0 aliphatic carbocycles. The van der Waals surface area contributed by atoms with E-state index in [4.69, 9.17) is 0 Å². The van der Waals surface area contributed by atoms with Gasteiger partial charge in [-0.2, -0.15) is 0 Å². The van der Waals surface area contributed by atoms with Gasteiger partial charge in [-0.1, -0.05) is 19.9 Å². The lowest BCUT2D eigenvalue weighted by atomic mass is 10.0. The zero-order chi connectivity index (χ0) is 18.8. The van der Waals surface area contributed by atoms with Crippen LogP contribution < -0.4 is 11.2 Å². The molecule has 136 valence electrons. The number of rotatable bonds is 5. The molecule has 3 aromatic heterocycles. The summed E-state index contributed by atoms with van der Waals surface area (Å²) in [4.78, 5) is 34.8. The first-order valence-electron chi connectivity index (χ1n) is 8.50. The molecule has 3 heterocycles. The number of hydrogen-bond donors (Lipinski definition) is 0. The van der Waals surface area contributed by atoms with Gasteiger partial charge in [0.05, 0.1) is 11.1 Å². The number of aromatic nitrogens is 4. The first-order valence-corrected chi connectivity index (χ1v) is 9.49. The van der Waals surface area contributed by atoms with Crippen molar-refractivity contribution in [3.05, 3.63) is 62.7 Å². The van der Waals surface area contributed by atoms with Crippen molar-refractivity contribution in [3.8, 4) is 0 Å². The molecule has 0 saturated carbocycles. The van der Waals surface area contributed by atoms with Crippen LogP contribution in [0.1, 0.15) is 25.1 Å². The van der Waals surface area contributed by atoms with E-state index < -0.39 is 0 Å². The number of fused-ring (bicyclic) bond motifs is 1. The quantitative estimate of drug-likeness (QED) is 0.646. The summed E-state index contributed by atoms with van der Waals surface area (Å²) in [7, 11) is 3.15. The lowest BCUT2D eigenvalue weighted by Crippen LogP contribution is -2.37. The minimum absolute atomic E-state index is 0.301. The van der Waals surface area contributed by atoms with Gasteiger partial charge in [0.1, 0.15) is 5.65 Å². The van der Waals surface area contributed by atoms with Crippen LogP contribution in [-0.4, -0.2) is 19.1 Å². The largest absolute Gasteiger partial charge is 0.332 e. The van der Waals surface area contributed by atoms with Crippen molar-refractivity contribution in [1.29, 1.82) is 0 Å². The molecule has 0 bridgehead atoms. The third-order valence-corrected chi connectivity index (χ3v) is 5.41. The molecule has 26 heavy (non-hydrogen) atoms. The highest BCUT2D eigenvalue weighted by Gasteiger charge is 2.18. The van der Waals surface area contributed by atoms with Gasteiger partial charge in [-0.3, -0.25) is 18.9 Å². The van der Waals surface area contributed by atoms with E-state index in [0.29, 0.717) is 22.7 Å². The average molecular weight is 370 g/mol. The van der Waals surface area contributed by atoms with Crippen molar-refractivity contribution in [2.75, 3.05) is 0 Å². The summed E-state index contributed by atoms with van der Waals surface area (Å²) in [6.45, 7) is 4.27. The fraction of sp³-hybridized carbons (Fsp3) is 0.368. The standard InChI is InChI=1S/C19H22N4O2S/c1-12(2)9-13-10-21-17-15(18(24)23(4)19(25)22(17)3)16(13)26-11-14-7-5-6-8-20-14/h5-8,10,12H,9,11H2,1-4H3. The topological polar surface area (TPSA) is 69.8 Å². The molecule has 0 aliphatic heterocycles. The Morgan fingerprint density at radius 3 is 2.54 bits per heavy atom. The molecule has 0 spiro atoms. The molecule has 0 radical (unpaired) electrons. The Kier molecular flexibility index (Phi) is 5.27. The number of hydrogen-bond acceptors (Lipinski definition) is 5. The molecular weight excluding hydrogens is 348 g/mol. The lowest BCUT2D eigenvalue weighted by molar-refractivity contribution is 0.638. The summed E-state index contributed by atoms with van der Waals surface area (Å²) in [5, 5.41) is 0.508. The summed E-state index contributed by atoms with van der Waals surface area (Å²) >= 11 is 1.58. The fourth-order valence-corrected chi connectivity index (χ4v) is 4.03. The molecule has 0 unspecified atom stereocenters. The Balaban J connectivity index is 2.21. The van der Waals surface area contributed by atoms with E-state index in [2.05, 4.69) is 23.8 Å². The van der Waals surface area contributed by atoms with Crippen LogP contribution in [0.4, 0.5) is 0 Å². The number of thioether (sulfide) groups is 1. The van der Waals surface area contributed by atoms with Crippen molar-refractivity contribution < 1.29 is 0 Å². The molecule has 0 amide bonds. The van der Waals surface area contributed by atoms with Crippen molar-refractivity contribution in [3.63, 3.8) is 0 Å². The van der Waals surface area contributed by atoms with Crippen LogP contribution in [0.5, 0.6) is 0 Å². The molecule has 3 rings (SSSR count). The van der Waals surface area contributed by atoms with Crippen LogP contribution in [0.2, 0.25) is 0 Å². The number of nitrogens with zero attached hydrogens (tertiary/aromatic N) is 4. The van der Waals surface area contributed by atoms with Crippen LogP contribution in [0.3, 0.4) is 0 Å². The third kappa shape index (κ3) is 3.44. The van der Waals surface area contributed by atoms with Gasteiger partial charge < -0.3 is 0 Å². The van der Waals surface area contributed by atoms with Gasteiger partial charge in [0.15, 0.2) is 0 Å². The van der Waals surface area contributed by atoms with Gasteiger partial charge >= 0.3 is 5.69 Å². The van der Waals surface area contributed by atoms with Crippen molar-refractivity contribution in [2.45, 2.75) is 30.9 Å². The van der Waals surface area contributed by atoms with Gasteiger partial charge in [-0.25, -0.2) is 9.78 Å². The molecule has 0 N–H and O–H groups in total. The zero-order valence-electron chi connectivity index (χ0n) is 15.4. The van der Waals surface area contributed by atoms with Gasteiger partial charge in [-0.05, 0) is 30.0 Å².